The molecule has 0 aliphatic heterocycles. The first kappa shape index (κ1) is 27.6. The number of hydrogen-bond acceptors (Lipinski definition) is 5. The molecule has 210 valence electrons. The lowest BCUT2D eigenvalue weighted by Gasteiger charge is -2.73. The minimum atomic E-state index is -0.424. The SMILES string of the molecule is C=C(CO)[C@@H]1CC[C@]2(COC(C)=O)CC[C@]3(C)C(CCC4[C@@]5(C)CC[C@H](O)[C@@](C)(CO)C5CC[C@]43C)C12. The summed E-state index contributed by atoms with van der Waals surface area (Å²) in [5.74, 6) is 1.92. The number of carbonyl (C=O) groups excluding carboxylic acids is 1. The van der Waals surface area contributed by atoms with Gasteiger partial charge in [0.15, 0.2) is 0 Å². The number of aliphatic hydroxyl groups is 3. The highest BCUT2D eigenvalue weighted by Gasteiger charge is 2.71. The van der Waals surface area contributed by atoms with E-state index in [0.717, 1.165) is 56.9 Å². The van der Waals surface area contributed by atoms with E-state index in [1.807, 2.05) is 0 Å². The van der Waals surface area contributed by atoms with E-state index in [-0.39, 0.29) is 40.8 Å². The van der Waals surface area contributed by atoms with Crippen molar-refractivity contribution in [1.29, 1.82) is 0 Å². The molecule has 0 aromatic rings. The largest absolute Gasteiger partial charge is 0.465 e. The Hall–Kier alpha value is -0.910. The van der Waals surface area contributed by atoms with E-state index >= 15 is 0 Å². The van der Waals surface area contributed by atoms with Gasteiger partial charge in [0, 0.05) is 17.8 Å². The van der Waals surface area contributed by atoms with E-state index in [0.29, 0.717) is 36.2 Å². The maximum atomic E-state index is 11.9. The van der Waals surface area contributed by atoms with Crippen molar-refractivity contribution in [2.45, 2.75) is 105 Å². The lowest BCUT2D eigenvalue weighted by atomic mass is 9.32. The number of esters is 1. The second kappa shape index (κ2) is 9.06. The van der Waals surface area contributed by atoms with E-state index in [2.05, 4.69) is 34.3 Å². The van der Waals surface area contributed by atoms with Crippen LogP contribution in [0.3, 0.4) is 0 Å². The van der Waals surface area contributed by atoms with E-state index < -0.39 is 11.5 Å². The summed E-state index contributed by atoms with van der Waals surface area (Å²) in [6.07, 6.45) is 10.3. The minimum Gasteiger partial charge on any atom is -0.465 e. The van der Waals surface area contributed by atoms with Crippen molar-refractivity contribution >= 4 is 5.97 Å². The fourth-order valence-corrected chi connectivity index (χ4v) is 11.8. The van der Waals surface area contributed by atoms with Gasteiger partial charge >= 0.3 is 5.97 Å². The Balaban J connectivity index is 1.53. The van der Waals surface area contributed by atoms with E-state index in [9.17, 15) is 20.1 Å². The lowest BCUT2D eigenvalue weighted by molar-refractivity contribution is -0.255. The van der Waals surface area contributed by atoms with Crippen LogP contribution in [0.2, 0.25) is 0 Å². The zero-order chi connectivity index (χ0) is 27.0. The second-order valence-corrected chi connectivity index (χ2v) is 15.0. The third-order valence-electron chi connectivity index (χ3n) is 14.0. The predicted molar refractivity (Wildman–Crippen MR) is 144 cm³/mol. The molecule has 11 atom stereocenters. The monoisotopic (exact) mass is 516 g/mol. The quantitative estimate of drug-likeness (QED) is 0.331. The van der Waals surface area contributed by atoms with Crippen molar-refractivity contribution in [2.24, 2.45) is 56.7 Å². The Morgan fingerprint density at radius 2 is 1.62 bits per heavy atom. The van der Waals surface area contributed by atoms with Gasteiger partial charge in [0.2, 0.25) is 0 Å². The Kier molecular flexibility index (Phi) is 6.77. The van der Waals surface area contributed by atoms with Crippen molar-refractivity contribution < 1.29 is 24.9 Å². The van der Waals surface area contributed by atoms with Gasteiger partial charge in [-0.2, -0.15) is 0 Å². The molecule has 0 amide bonds. The molecular formula is C32H52O5. The third kappa shape index (κ3) is 3.62. The molecule has 0 radical (unpaired) electrons. The summed E-state index contributed by atoms with van der Waals surface area (Å²) in [5, 5.41) is 31.6. The van der Waals surface area contributed by atoms with Gasteiger partial charge in [-0.1, -0.05) is 34.3 Å². The Labute approximate surface area is 224 Å². The standard InChI is InChI=1S/C32H52O5/c1-20(17-33)22-9-14-32(19-37-21(2)35)16-15-30(5)23(27(22)32)7-8-25-28(3)12-11-26(36)29(4,18-34)24(28)10-13-31(25,30)6/h22-27,33-34,36H,1,7-19H2,2-6H3/t22-,23?,24?,25?,26-,27?,28-,29-,30+,31+,32+/m0/s1. The molecule has 4 unspecified atom stereocenters. The van der Waals surface area contributed by atoms with Gasteiger partial charge in [0.05, 0.1) is 25.9 Å². The minimum absolute atomic E-state index is 0.00661. The predicted octanol–water partition coefficient (Wildman–Crippen LogP) is 5.51. The van der Waals surface area contributed by atoms with Gasteiger partial charge in [0.1, 0.15) is 0 Å². The normalized spacial score (nSPS) is 52.9. The van der Waals surface area contributed by atoms with Gasteiger partial charge in [-0.05, 0) is 116 Å². The molecule has 3 N–H and O–H groups in total. The van der Waals surface area contributed by atoms with Crippen molar-refractivity contribution in [1.82, 2.24) is 0 Å². The van der Waals surface area contributed by atoms with Crippen LogP contribution in [0.4, 0.5) is 0 Å². The van der Waals surface area contributed by atoms with Gasteiger partial charge < -0.3 is 20.1 Å². The van der Waals surface area contributed by atoms with Crippen molar-refractivity contribution in [2.75, 3.05) is 19.8 Å². The highest BCUT2D eigenvalue weighted by Crippen LogP contribution is 2.77. The maximum absolute atomic E-state index is 11.9. The highest BCUT2D eigenvalue weighted by molar-refractivity contribution is 5.65. The smallest absolute Gasteiger partial charge is 0.302 e. The van der Waals surface area contributed by atoms with Crippen molar-refractivity contribution in [3.05, 3.63) is 12.2 Å². The molecule has 0 aromatic carbocycles. The average molecular weight is 517 g/mol. The number of hydrogen-bond donors (Lipinski definition) is 3. The van der Waals surface area contributed by atoms with Gasteiger partial charge in [-0.25, -0.2) is 0 Å². The Bertz CT molecular complexity index is 932. The molecule has 5 rings (SSSR count). The summed E-state index contributed by atoms with van der Waals surface area (Å²) in [6, 6.07) is 0. The van der Waals surface area contributed by atoms with Crippen molar-refractivity contribution in [3.8, 4) is 0 Å². The zero-order valence-corrected chi connectivity index (χ0v) is 24.0. The van der Waals surface area contributed by atoms with Crippen LogP contribution >= 0.6 is 0 Å². The first-order valence-corrected chi connectivity index (χ1v) is 15.0. The zero-order valence-electron chi connectivity index (χ0n) is 24.0. The second-order valence-electron chi connectivity index (χ2n) is 15.0. The Morgan fingerprint density at radius 1 is 0.892 bits per heavy atom. The summed E-state index contributed by atoms with van der Waals surface area (Å²) in [6.45, 7) is 16.2. The van der Waals surface area contributed by atoms with Crippen LogP contribution in [-0.2, 0) is 9.53 Å². The molecule has 5 saturated carbocycles. The van der Waals surface area contributed by atoms with Crippen LogP contribution < -0.4 is 0 Å². The van der Waals surface area contributed by atoms with Gasteiger partial charge in [-0.15, -0.1) is 0 Å². The highest BCUT2D eigenvalue weighted by atomic mass is 16.5. The molecule has 5 nitrogen and oxygen atoms in total. The van der Waals surface area contributed by atoms with Crippen LogP contribution in [0.5, 0.6) is 0 Å². The van der Waals surface area contributed by atoms with E-state index in [1.165, 1.54) is 19.8 Å². The fraction of sp³-hybridized carbons (Fsp3) is 0.906. The van der Waals surface area contributed by atoms with E-state index in [4.69, 9.17) is 4.74 Å². The molecule has 5 heteroatoms. The number of aliphatic hydroxyl groups excluding tert-OH is 3. The maximum Gasteiger partial charge on any atom is 0.302 e. The van der Waals surface area contributed by atoms with Gasteiger partial charge in [0.25, 0.3) is 0 Å². The molecule has 0 bridgehead atoms. The van der Waals surface area contributed by atoms with Crippen LogP contribution in [0.15, 0.2) is 12.2 Å². The molecular weight excluding hydrogens is 464 g/mol. The molecule has 5 fully saturated rings. The molecule has 0 saturated heterocycles. The van der Waals surface area contributed by atoms with Crippen LogP contribution in [0.1, 0.15) is 98.8 Å². The molecule has 5 aliphatic rings. The molecule has 0 aromatic heterocycles. The number of ether oxygens (including phenoxy) is 1. The van der Waals surface area contributed by atoms with Gasteiger partial charge in [-0.3, -0.25) is 4.79 Å². The third-order valence-corrected chi connectivity index (χ3v) is 14.0. The molecule has 5 aliphatic carbocycles. The summed E-state index contributed by atoms with van der Waals surface area (Å²) in [4.78, 5) is 11.9. The summed E-state index contributed by atoms with van der Waals surface area (Å²) in [5.41, 5.74) is 0.996. The summed E-state index contributed by atoms with van der Waals surface area (Å²) >= 11 is 0. The van der Waals surface area contributed by atoms with Crippen LogP contribution in [0.25, 0.3) is 0 Å². The number of carbonyl (C=O) groups is 1. The molecule has 0 spiro atoms. The number of rotatable bonds is 5. The first-order chi connectivity index (χ1) is 17.3. The van der Waals surface area contributed by atoms with E-state index in [1.54, 1.807) is 0 Å². The lowest BCUT2D eigenvalue weighted by Crippen LogP contribution is -2.67. The fourth-order valence-electron chi connectivity index (χ4n) is 11.8. The van der Waals surface area contributed by atoms with Crippen LogP contribution in [0, 0.1) is 56.7 Å². The van der Waals surface area contributed by atoms with Crippen molar-refractivity contribution in [3.63, 3.8) is 0 Å². The number of fused-ring (bicyclic) bond motifs is 7. The first-order valence-electron chi connectivity index (χ1n) is 15.0. The summed E-state index contributed by atoms with van der Waals surface area (Å²) < 4.78 is 5.75. The average Bonchev–Trinajstić information content (AvgIpc) is 3.25. The van der Waals surface area contributed by atoms with Crippen LogP contribution in [-0.4, -0.2) is 47.2 Å². The summed E-state index contributed by atoms with van der Waals surface area (Å²) in [7, 11) is 0. The topological polar surface area (TPSA) is 87.0 Å². The molecule has 37 heavy (non-hydrogen) atoms. The Morgan fingerprint density at radius 3 is 2.27 bits per heavy atom. The molecule has 0 heterocycles.